The second-order valence-electron chi connectivity index (χ2n) is 9.19. The number of rotatable bonds is 10. The molecule has 2 saturated heterocycles. The molecule has 2 aliphatic heterocycles. The van der Waals surface area contributed by atoms with E-state index in [9.17, 15) is 4.79 Å². The number of benzene rings is 1. The molecule has 2 aromatic heterocycles. The molecule has 2 fully saturated rings. The van der Waals surface area contributed by atoms with Gasteiger partial charge in [-0.1, -0.05) is 11.3 Å². The predicted octanol–water partition coefficient (Wildman–Crippen LogP) is 3.85. The predicted molar refractivity (Wildman–Crippen MR) is 141 cm³/mol. The fourth-order valence-electron chi connectivity index (χ4n) is 4.71. The number of nitrogens with one attached hydrogen (secondary N) is 2. The van der Waals surface area contributed by atoms with Crippen molar-refractivity contribution in [2.45, 2.75) is 45.3 Å². The number of carbonyl (C=O) groups is 1. The van der Waals surface area contributed by atoms with Gasteiger partial charge in [0.25, 0.3) is 0 Å². The molecule has 0 bridgehead atoms. The molecule has 2 aliphatic rings. The number of carbonyl (C=O) groups excluding carboxylic acids is 1. The van der Waals surface area contributed by atoms with E-state index in [4.69, 9.17) is 9.47 Å². The minimum atomic E-state index is 0.0553. The summed E-state index contributed by atoms with van der Waals surface area (Å²) in [5, 5.41) is 17.2. The topological polar surface area (TPSA) is 93.5 Å². The molecular weight excluding hydrogens is 476 g/mol. The van der Waals surface area contributed by atoms with Crippen molar-refractivity contribution in [1.29, 1.82) is 0 Å². The Bertz CT molecular complexity index is 1120. The van der Waals surface area contributed by atoms with Crippen molar-refractivity contribution in [1.82, 2.24) is 20.1 Å². The first-order valence-corrected chi connectivity index (χ1v) is 13.6. The van der Waals surface area contributed by atoms with Gasteiger partial charge in [0.1, 0.15) is 5.75 Å². The average molecular weight is 511 g/mol. The molecule has 1 aromatic carbocycles. The summed E-state index contributed by atoms with van der Waals surface area (Å²) >= 11 is 1.58. The molecule has 0 spiro atoms. The van der Waals surface area contributed by atoms with Gasteiger partial charge in [-0.3, -0.25) is 9.36 Å². The number of aromatic nitrogens is 3. The molecule has 5 rings (SSSR count). The molecule has 36 heavy (non-hydrogen) atoms. The first-order chi connectivity index (χ1) is 17.7. The van der Waals surface area contributed by atoms with Crippen LogP contribution in [0.2, 0.25) is 0 Å². The number of amides is 1. The molecule has 2 N–H and O–H groups in total. The second kappa shape index (κ2) is 11.7. The zero-order chi connectivity index (χ0) is 24.7. The second-order valence-corrected chi connectivity index (χ2v) is 10.1. The summed E-state index contributed by atoms with van der Waals surface area (Å²) in [6.45, 7) is 6.37. The van der Waals surface area contributed by atoms with E-state index in [-0.39, 0.29) is 17.9 Å². The van der Waals surface area contributed by atoms with Crippen LogP contribution in [0.4, 0.5) is 10.8 Å². The van der Waals surface area contributed by atoms with E-state index in [0.717, 1.165) is 72.8 Å². The largest absolute Gasteiger partial charge is 0.494 e. The Morgan fingerprint density at radius 1 is 1.14 bits per heavy atom. The highest BCUT2D eigenvalue weighted by Gasteiger charge is 2.27. The molecule has 1 amide bonds. The molecular formula is C26H34N6O3S. The van der Waals surface area contributed by atoms with Gasteiger partial charge >= 0.3 is 0 Å². The quantitative estimate of drug-likeness (QED) is 0.428. The van der Waals surface area contributed by atoms with E-state index in [0.29, 0.717) is 19.7 Å². The molecule has 192 valence electrons. The van der Waals surface area contributed by atoms with Crippen LogP contribution in [0.1, 0.15) is 38.3 Å². The van der Waals surface area contributed by atoms with Crippen molar-refractivity contribution in [3.63, 3.8) is 0 Å². The van der Waals surface area contributed by atoms with Gasteiger partial charge in [-0.05, 0) is 69.0 Å². The Balaban J connectivity index is 1.13. The van der Waals surface area contributed by atoms with Crippen molar-refractivity contribution >= 4 is 28.1 Å². The van der Waals surface area contributed by atoms with Crippen LogP contribution in [-0.4, -0.2) is 59.6 Å². The maximum Gasteiger partial charge on any atom is 0.223 e. The summed E-state index contributed by atoms with van der Waals surface area (Å²) in [5.41, 5.74) is 2.14. The molecule has 0 radical (unpaired) electrons. The van der Waals surface area contributed by atoms with E-state index < -0.39 is 0 Å². The molecule has 0 unspecified atom stereocenters. The summed E-state index contributed by atoms with van der Waals surface area (Å²) in [6.07, 6.45) is 5.99. The zero-order valence-corrected chi connectivity index (χ0v) is 21.5. The van der Waals surface area contributed by atoms with Gasteiger partial charge in [0.05, 0.1) is 19.3 Å². The van der Waals surface area contributed by atoms with Gasteiger partial charge in [-0.25, -0.2) is 0 Å². The highest BCUT2D eigenvalue weighted by atomic mass is 32.1. The molecule has 1 atom stereocenters. The standard InChI is InChI=1S/C26H34N6O3S/c1-2-34-22-9-7-20(8-10-22)27-17-21-5-3-13-32(21)26-30-29-25(36-26)31-14-11-19(12-15-31)24(33)28-18-23-6-4-16-35-23/h3,5,7-10,13,19,23,27H,2,4,6,11-12,14-18H2,1H3,(H,28,33)/t23-/m1/s1. The summed E-state index contributed by atoms with van der Waals surface area (Å²) in [5.74, 6) is 1.08. The summed E-state index contributed by atoms with van der Waals surface area (Å²) < 4.78 is 13.2. The fourth-order valence-corrected chi connectivity index (χ4v) is 5.62. The summed E-state index contributed by atoms with van der Waals surface area (Å²) in [4.78, 5) is 14.8. The van der Waals surface area contributed by atoms with Crippen LogP contribution >= 0.6 is 11.3 Å². The maximum absolute atomic E-state index is 12.6. The van der Waals surface area contributed by atoms with E-state index >= 15 is 0 Å². The minimum absolute atomic E-state index is 0.0553. The molecule has 3 aromatic rings. The van der Waals surface area contributed by atoms with Gasteiger partial charge in [-0.15, -0.1) is 10.2 Å². The first-order valence-electron chi connectivity index (χ1n) is 12.8. The molecule has 0 saturated carbocycles. The van der Waals surface area contributed by atoms with E-state index in [1.165, 1.54) is 0 Å². The summed E-state index contributed by atoms with van der Waals surface area (Å²) in [6, 6.07) is 12.1. The van der Waals surface area contributed by atoms with Crippen LogP contribution in [0, 0.1) is 5.92 Å². The lowest BCUT2D eigenvalue weighted by Crippen LogP contribution is -2.42. The molecule has 4 heterocycles. The monoisotopic (exact) mass is 510 g/mol. The Morgan fingerprint density at radius 2 is 1.94 bits per heavy atom. The summed E-state index contributed by atoms with van der Waals surface area (Å²) in [7, 11) is 0. The SMILES string of the molecule is CCOc1ccc(NCc2cccn2-c2nnc(N3CCC(C(=O)NC[C@H]4CCCO4)CC3)s2)cc1. The third kappa shape index (κ3) is 5.99. The van der Waals surface area contributed by atoms with Crippen molar-refractivity contribution in [3.05, 3.63) is 48.3 Å². The van der Waals surface area contributed by atoms with Gasteiger partial charge in [0, 0.05) is 49.7 Å². The zero-order valence-electron chi connectivity index (χ0n) is 20.7. The van der Waals surface area contributed by atoms with Gasteiger partial charge < -0.3 is 25.0 Å². The lowest BCUT2D eigenvalue weighted by atomic mass is 9.96. The van der Waals surface area contributed by atoms with E-state index in [1.54, 1.807) is 11.3 Å². The lowest BCUT2D eigenvalue weighted by Gasteiger charge is -2.30. The van der Waals surface area contributed by atoms with Crippen molar-refractivity contribution in [2.75, 3.05) is 43.1 Å². The van der Waals surface area contributed by atoms with Crippen LogP contribution < -0.4 is 20.3 Å². The minimum Gasteiger partial charge on any atom is -0.494 e. The first kappa shape index (κ1) is 24.6. The average Bonchev–Trinajstić information content (AvgIpc) is 3.69. The number of ether oxygens (including phenoxy) is 2. The Hall–Kier alpha value is -3.11. The third-order valence-corrected chi connectivity index (χ3v) is 7.73. The number of anilines is 2. The number of hydrogen-bond donors (Lipinski definition) is 2. The molecule has 0 aliphatic carbocycles. The van der Waals surface area contributed by atoms with Crippen LogP contribution in [0.5, 0.6) is 5.75 Å². The van der Waals surface area contributed by atoms with Crippen molar-refractivity contribution in [2.24, 2.45) is 5.92 Å². The van der Waals surface area contributed by atoms with Crippen LogP contribution in [0.25, 0.3) is 5.13 Å². The Morgan fingerprint density at radius 3 is 2.69 bits per heavy atom. The number of piperidine rings is 1. The normalized spacial score (nSPS) is 18.4. The maximum atomic E-state index is 12.6. The molecule has 10 heteroatoms. The number of hydrogen-bond acceptors (Lipinski definition) is 8. The van der Waals surface area contributed by atoms with Crippen LogP contribution in [0.3, 0.4) is 0 Å². The highest BCUT2D eigenvalue weighted by Crippen LogP contribution is 2.29. The third-order valence-electron chi connectivity index (χ3n) is 6.75. The van der Waals surface area contributed by atoms with Crippen LogP contribution in [-0.2, 0) is 16.1 Å². The highest BCUT2D eigenvalue weighted by molar-refractivity contribution is 7.17. The smallest absolute Gasteiger partial charge is 0.223 e. The Kier molecular flexibility index (Phi) is 8.02. The van der Waals surface area contributed by atoms with Crippen molar-refractivity contribution in [3.8, 4) is 10.9 Å². The van der Waals surface area contributed by atoms with Crippen molar-refractivity contribution < 1.29 is 14.3 Å². The number of nitrogens with zero attached hydrogens (tertiary/aromatic N) is 4. The van der Waals surface area contributed by atoms with Gasteiger partial charge in [0.2, 0.25) is 16.2 Å². The van der Waals surface area contributed by atoms with Gasteiger partial charge in [0.15, 0.2) is 0 Å². The van der Waals surface area contributed by atoms with E-state index in [1.807, 2.05) is 43.5 Å². The fraction of sp³-hybridized carbons (Fsp3) is 0.500. The lowest BCUT2D eigenvalue weighted by molar-refractivity contribution is -0.126. The van der Waals surface area contributed by atoms with E-state index in [2.05, 4.69) is 36.4 Å². The van der Waals surface area contributed by atoms with Crippen LogP contribution in [0.15, 0.2) is 42.6 Å². The van der Waals surface area contributed by atoms with Gasteiger partial charge in [-0.2, -0.15) is 0 Å². The Labute approximate surface area is 215 Å². The molecule has 9 nitrogen and oxygen atoms in total.